The van der Waals surface area contributed by atoms with Gasteiger partial charge in [0.2, 0.25) is 0 Å². The van der Waals surface area contributed by atoms with Gasteiger partial charge >= 0.3 is 0 Å². The number of rotatable bonds is 8. The molecule has 14 heavy (non-hydrogen) atoms. The third-order valence-corrected chi connectivity index (χ3v) is 2.92. The Morgan fingerprint density at radius 1 is 1.29 bits per heavy atom. The fourth-order valence-corrected chi connectivity index (χ4v) is 2.14. The molecule has 0 radical (unpaired) electrons. The van der Waals surface area contributed by atoms with Gasteiger partial charge in [-0.2, -0.15) is 0 Å². The third-order valence-electron chi connectivity index (χ3n) is 2.22. The van der Waals surface area contributed by atoms with Crippen molar-refractivity contribution < 1.29 is 14.5 Å². The first kappa shape index (κ1) is 14.6. The van der Waals surface area contributed by atoms with Crippen molar-refractivity contribution in [3.63, 3.8) is 0 Å². The van der Waals surface area contributed by atoms with Crippen molar-refractivity contribution in [2.24, 2.45) is 0 Å². The van der Waals surface area contributed by atoms with E-state index in [0.29, 0.717) is 12.8 Å². The largest absolute Gasteiger partial charge is 0.365 e. The normalized spacial score (nSPS) is 17.8. The maximum Gasteiger partial charge on any atom is 0.276 e. The van der Waals surface area contributed by atoms with Crippen LogP contribution in [0.25, 0.3) is 0 Å². The highest BCUT2D eigenvalue weighted by atomic mass is 35.7. The lowest BCUT2D eigenvalue weighted by molar-refractivity contribution is -0.142. The van der Waals surface area contributed by atoms with Crippen LogP contribution in [0.3, 0.4) is 0 Å². The second-order valence-corrected chi connectivity index (χ2v) is 4.93. The van der Waals surface area contributed by atoms with Crippen LogP contribution in [-0.2, 0) is 4.52 Å². The number of hydrogen-bond acceptors (Lipinski definition) is 3. The van der Waals surface area contributed by atoms with Crippen molar-refractivity contribution in [2.75, 3.05) is 0 Å². The SMILES string of the molecule is CCCCCCC(O)(CC)OP(O)Cl. The molecule has 0 saturated carbocycles. The number of hydrogen-bond donors (Lipinski definition) is 2. The summed E-state index contributed by atoms with van der Waals surface area (Å²) in [5, 5.41) is 9.84. The highest BCUT2D eigenvalue weighted by molar-refractivity contribution is 7.75. The van der Waals surface area contributed by atoms with E-state index in [2.05, 4.69) is 6.92 Å². The molecule has 0 aromatic rings. The average Bonchev–Trinajstić information content (AvgIpc) is 2.11. The molecule has 86 valence electrons. The van der Waals surface area contributed by atoms with E-state index in [1.54, 1.807) is 0 Å². The Hall–Kier alpha value is 0.600. The Kier molecular flexibility index (Phi) is 8.17. The van der Waals surface area contributed by atoms with Gasteiger partial charge in [-0.05, 0) is 24.1 Å². The maximum absolute atomic E-state index is 9.84. The van der Waals surface area contributed by atoms with E-state index in [9.17, 15) is 5.11 Å². The van der Waals surface area contributed by atoms with Crippen molar-refractivity contribution in [3.05, 3.63) is 0 Å². The van der Waals surface area contributed by atoms with Crippen molar-refractivity contribution in [1.82, 2.24) is 0 Å². The highest BCUT2D eigenvalue weighted by Crippen LogP contribution is 2.43. The molecule has 0 spiro atoms. The zero-order valence-electron chi connectivity index (χ0n) is 8.87. The molecule has 0 bridgehead atoms. The lowest BCUT2D eigenvalue weighted by Crippen LogP contribution is -2.28. The first-order chi connectivity index (χ1) is 6.54. The molecule has 2 unspecified atom stereocenters. The topological polar surface area (TPSA) is 49.7 Å². The van der Waals surface area contributed by atoms with E-state index in [1.807, 2.05) is 6.92 Å². The van der Waals surface area contributed by atoms with E-state index in [1.165, 1.54) is 0 Å². The standard InChI is InChI=1S/C9H20ClO3P/c1-3-5-6-7-8-9(11,4-2)13-14(10)12/h11-12H,3-8H2,1-2H3. The van der Waals surface area contributed by atoms with Gasteiger partial charge in [-0.15, -0.1) is 0 Å². The molecular weight excluding hydrogens is 223 g/mol. The van der Waals surface area contributed by atoms with Gasteiger partial charge in [-0.1, -0.05) is 33.1 Å². The quantitative estimate of drug-likeness (QED) is 0.389. The zero-order chi connectivity index (χ0) is 11.0. The Bertz CT molecular complexity index is 146. The van der Waals surface area contributed by atoms with Crippen LogP contribution in [0.2, 0.25) is 0 Å². The van der Waals surface area contributed by atoms with Crippen molar-refractivity contribution >= 4 is 19.0 Å². The summed E-state index contributed by atoms with van der Waals surface area (Å²) in [4.78, 5) is 8.87. The van der Waals surface area contributed by atoms with Gasteiger partial charge in [0.1, 0.15) is 0 Å². The molecule has 0 aliphatic carbocycles. The summed E-state index contributed by atoms with van der Waals surface area (Å²) < 4.78 is 4.91. The summed E-state index contributed by atoms with van der Waals surface area (Å²) in [5.41, 5.74) is 0. The minimum atomic E-state index is -2.00. The fraction of sp³-hybridized carbons (Fsp3) is 1.00. The molecule has 0 fully saturated rings. The number of unbranched alkanes of at least 4 members (excludes halogenated alkanes) is 3. The van der Waals surface area contributed by atoms with Crippen LogP contribution in [0.15, 0.2) is 0 Å². The zero-order valence-corrected chi connectivity index (χ0v) is 10.5. The molecule has 2 N–H and O–H groups in total. The van der Waals surface area contributed by atoms with Crippen molar-refractivity contribution in [3.8, 4) is 0 Å². The minimum Gasteiger partial charge on any atom is -0.365 e. The first-order valence-electron chi connectivity index (χ1n) is 5.10. The van der Waals surface area contributed by atoms with Crippen molar-refractivity contribution in [1.29, 1.82) is 0 Å². The van der Waals surface area contributed by atoms with E-state index in [-0.39, 0.29) is 0 Å². The third kappa shape index (κ3) is 6.97. The number of halogens is 1. The van der Waals surface area contributed by atoms with Gasteiger partial charge in [0.25, 0.3) is 7.73 Å². The second-order valence-electron chi connectivity index (χ2n) is 3.43. The fourth-order valence-electron chi connectivity index (χ4n) is 1.26. The maximum atomic E-state index is 9.84. The molecule has 0 aliphatic rings. The van der Waals surface area contributed by atoms with Gasteiger partial charge in [0, 0.05) is 6.42 Å². The predicted octanol–water partition coefficient (Wildman–Crippen LogP) is 3.53. The van der Waals surface area contributed by atoms with Crippen LogP contribution in [0, 0.1) is 0 Å². The van der Waals surface area contributed by atoms with Gasteiger partial charge in [0.15, 0.2) is 5.79 Å². The van der Waals surface area contributed by atoms with Crippen LogP contribution in [-0.4, -0.2) is 15.8 Å². The van der Waals surface area contributed by atoms with Crippen LogP contribution >= 0.6 is 19.0 Å². The summed E-state index contributed by atoms with van der Waals surface area (Å²) in [5.74, 6) is -1.24. The molecule has 0 aliphatic heterocycles. The molecule has 3 nitrogen and oxygen atoms in total. The van der Waals surface area contributed by atoms with Crippen LogP contribution in [0.1, 0.15) is 52.4 Å². The first-order valence-corrected chi connectivity index (χ1v) is 7.22. The van der Waals surface area contributed by atoms with Crippen LogP contribution < -0.4 is 0 Å². The van der Waals surface area contributed by atoms with E-state index < -0.39 is 13.5 Å². The van der Waals surface area contributed by atoms with E-state index >= 15 is 0 Å². The predicted molar refractivity (Wildman–Crippen MR) is 60.1 cm³/mol. The monoisotopic (exact) mass is 242 g/mol. The smallest absolute Gasteiger partial charge is 0.276 e. The Labute approximate surface area is 92.1 Å². The summed E-state index contributed by atoms with van der Waals surface area (Å²) in [6.45, 7) is 3.95. The lowest BCUT2D eigenvalue weighted by Gasteiger charge is -2.26. The second kappa shape index (κ2) is 7.84. The van der Waals surface area contributed by atoms with E-state index in [0.717, 1.165) is 25.7 Å². The average molecular weight is 243 g/mol. The molecule has 0 aromatic carbocycles. The summed E-state index contributed by atoms with van der Waals surface area (Å²) >= 11 is 5.32. The highest BCUT2D eigenvalue weighted by Gasteiger charge is 2.28. The molecule has 0 heterocycles. The molecule has 0 saturated heterocycles. The lowest BCUT2D eigenvalue weighted by atomic mass is 10.0. The van der Waals surface area contributed by atoms with Gasteiger partial charge in [-0.3, -0.25) is 4.52 Å². The molecular formula is C9H20ClO3P. The summed E-state index contributed by atoms with van der Waals surface area (Å²) in [6.07, 6.45) is 5.29. The van der Waals surface area contributed by atoms with Crippen LogP contribution in [0.5, 0.6) is 0 Å². The van der Waals surface area contributed by atoms with Crippen LogP contribution in [0.4, 0.5) is 0 Å². The Balaban J connectivity index is 3.75. The Morgan fingerprint density at radius 2 is 1.93 bits per heavy atom. The molecule has 2 atom stereocenters. The Morgan fingerprint density at radius 3 is 2.36 bits per heavy atom. The summed E-state index contributed by atoms with van der Waals surface area (Å²) in [7, 11) is -2.00. The van der Waals surface area contributed by atoms with Crippen molar-refractivity contribution in [2.45, 2.75) is 58.2 Å². The molecule has 5 heteroatoms. The molecule has 0 aromatic heterocycles. The van der Waals surface area contributed by atoms with Gasteiger partial charge in [-0.25, -0.2) is 0 Å². The summed E-state index contributed by atoms with van der Waals surface area (Å²) in [6, 6.07) is 0. The van der Waals surface area contributed by atoms with E-state index in [4.69, 9.17) is 20.7 Å². The molecule has 0 rings (SSSR count). The van der Waals surface area contributed by atoms with Gasteiger partial charge in [0.05, 0.1) is 0 Å². The minimum absolute atomic E-state index is 0.450. The van der Waals surface area contributed by atoms with Gasteiger partial charge < -0.3 is 10.00 Å². The molecule has 0 amide bonds. The number of aliphatic hydroxyl groups is 1.